The van der Waals surface area contributed by atoms with E-state index in [-0.39, 0.29) is 5.91 Å². The molecule has 2 fully saturated rings. The third kappa shape index (κ3) is 1.69. The molecule has 2 atom stereocenters. The third-order valence-electron chi connectivity index (χ3n) is 4.14. The predicted molar refractivity (Wildman–Crippen MR) is 64.4 cm³/mol. The lowest BCUT2D eigenvalue weighted by molar-refractivity contribution is 0.0543. The molecule has 17 heavy (non-hydrogen) atoms. The van der Waals surface area contributed by atoms with E-state index in [4.69, 9.17) is 5.73 Å². The summed E-state index contributed by atoms with van der Waals surface area (Å²) in [6.45, 7) is 0.860. The zero-order valence-corrected chi connectivity index (χ0v) is 9.85. The second kappa shape index (κ2) is 4.05. The van der Waals surface area contributed by atoms with Crippen LogP contribution in [-0.2, 0) is 0 Å². The molecular formula is C12H18N4O. The molecule has 0 aromatic carbocycles. The summed E-state index contributed by atoms with van der Waals surface area (Å²) >= 11 is 0. The van der Waals surface area contributed by atoms with Crippen molar-refractivity contribution in [1.29, 1.82) is 0 Å². The number of H-pyrrole nitrogens is 1. The zero-order chi connectivity index (χ0) is 11.8. The van der Waals surface area contributed by atoms with Gasteiger partial charge in [0.25, 0.3) is 5.91 Å². The van der Waals surface area contributed by atoms with E-state index in [1.807, 2.05) is 4.90 Å². The van der Waals surface area contributed by atoms with Crippen molar-refractivity contribution in [3.8, 4) is 0 Å². The molecule has 1 saturated heterocycles. The maximum atomic E-state index is 12.4. The highest BCUT2D eigenvalue weighted by Gasteiger charge is 2.38. The standard InChI is InChI=1S/C12H18N4O/c13-9-7-14-15-11(9)12(17)16-6-2-4-8-3-1-5-10(8)16/h7-8,10H,1-6,13H2,(H,14,15). The predicted octanol–water partition coefficient (Wildman–Crippen LogP) is 1.40. The van der Waals surface area contributed by atoms with Gasteiger partial charge in [0.15, 0.2) is 0 Å². The van der Waals surface area contributed by atoms with Gasteiger partial charge in [-0.2, -0.15) is 5.10 Å². The zero-order valence-electron chi connectivity index (χ0n) is 9.85. The Morgan fingerprint density at radius 2 is 2.24 bits per heavy atom. The number of fused-ring (bicyclic) bond motifs is 1. The molecule has 5 heteroatoms. The summed E-state index contributed by atoms with van der Waals surface area (Å²) in [5.41, 5.74) is 6.65. The molecule has 1 aromatic heterocycles. The number of amides is 1. The number of nitrogens with one attached hydrogen (secondary N) is 1. The monoisotopic (exact) mass is 234 g/mol. The van der Waals surface area contributed by atoms with Gasteiger partial charge in [-0.1, -0.05) is 6.42 Å². The molecule has 3 N–H and O–H groups in total. The second-order valence-electron chi connectivity index (χ2n) is 5.10. The summed E-state index contributed by atoms with van der Waals surface area (Å²) in [6.07, 6.45) is 7.55. The fourth-order valence-electron chi connectivity index (χ4n) is 3.32. The van der Waals surface area contributed by atoms with Crippen molar-refractivity contribution in [2.45, 2.75) is 38.1 Å². The highest BCUT2D eigenvalue weighted by molar-refractivity contribution is 5.97. The quantitative estimate of drug-likeness (QED) is 0.771. The van der Waals surface area contributed by atoms with Gasteiger partial charge in [-0.05, 0) is 31.6 Å². The van der Waals surface area contributed by atoms with Crippen LogP contribution in [0.25, 0.3) is 0 Å². The first-order valence-electron chi connectivity index (χ1n) is 6.37. The number of nitrogens with zero attached hydrogens (tertiary/aromatic N) is 2. The summed E-state index contributed by atoms with van der Waals surface area (Å²) in [6, 6.07) is 0.430. The molecular weight excluding hydrogens is 216 g/mol. The van der Waals surface area contributed by atoms with E-state index in [2.05, 4.69) is 10.2 Å². The average molecular weight is 234 g/mol. The van der Waals surface area contributed by atoms with Crippen LogP contribution in [0.2, 0.25) is 0 Å². The van der Waals surface area contributed by atoms with Gasteiger partial charge in [-0.3, -0.25) is 9.89 Å². The van der Waals surface area contributed by atoms with Crippen LogP contribution in [0.3, 0.4) is 0 Å². The topological polar surface area (TPSA) is 75.0 Å². The maximum Gasteiger partial charge on any atom is 0.274 e. The first-order valence-corrected chi connectivity index (χ1v) is 6.37. The van der Waals surface area contributed by atoms with E-state index >= 15 is 0 Å². The van der Waals surface area contributed by atoms with Crippen LogP contribution in [0.5, 0.6) is 0 Å². The number of hydrogen-bond acceptors (Lipinski definition) is 3. The van der Waals surface area contributed by atoms with E-state index in [1.165, 1.54) is 25.5 Å². The van der Waals surface area contributed by atoms with Crippen LogP contribution in [0, 0.1) is 5.92 Å². The van der Waals surface area contributed by atoms with Crippen molar-refractivity contribution in [3.05, 3.63) is 11.9 Å². The van der Waals surface area contributed by atoms with Gasteiger partial charge in [0.2, 0.25) is 0 Å². The smallest absolute Gasteiger partial charge is 0.274 e. The minimum Gasteiger partial charge on any atom is -0.396 e. The Morgan fingerprint density at radius 1 is 1.41 bits per heavy atom. The Balaban J connectivity index is 1.83. The average Bonchev–Trinajstić information content (AvgIpc) is 2.95. The normalized spacial score (nSPS) is 28.1. The van der Waals surface area contributed by atoms with Crippen LogP contribution in [0.1, 0.15) is 42.6 Å². The Bertz CT molecular complexity index is 428. The molecule has 92 valence electrons. The molecule has 1 aliphatic heterocycles. The molecule has 1 aromatic rings. The molecule has 1 aliphatic carbocycles. The Labute approximate surface area is 100 Å². The number of carbonyl (C=O) groups excluding carboxylic acids is 1. The summed E-state index contributed by atoms with van der Waals surface area (Å²) in [5.74, 6) is 0.730. The van der Waals surface area contributed by atoms with E-state index in [0.29, 0.717) is 23.3 Å². The number of carbonyl (C=O) groups is 1. The van der Waals surface area contributed by atoms with E-state index < -0.39 is 0 Å². The summed E-state index contributed by atoms with van der Waals surface area (Å²) in [7, 11) is 0. The van der Waals surface area contributed by atoms with Crippen LogP contribution >= 0.6 is 0 Å². The van der Waals surface area contributed by atoms with Gasteiger partial charge >= 0.3 is 0 Å². The molecule has 0 radical (unpaired) electrons. The number of rotatable bonds is 1. The molecule has 2 aliphatic rings. The van der Waals surface area contributed by atoms with Crippen molar-refractivity contribution in [1.82, 2.24) is 15.1 Å². The van der Waals surface area contributed by atoms with E-state index in [9.17, 15) is 4.79 Å². The van der Waals surface area contributed by atoms with E-state index in [1.54, 1.807) is 0 Å². The van der Waals surface area contributed by atoms with Crippen molar-refractivity contribution < 1.29 is 4.79 Å². The fourth-order valence-corrected chi connectivity index (χ4v) is 3.32. The minimum absolute atomic E-state index is 0.0246. The molecule has 1 saturated carbocycles. The molecule has 5 nitrogen and oxygen atoms in total. The van der Waals surface area contributed by atoms with Crippen LogP contribution in [0.15, 0.2) is 6.20 Å². The van der Waals surface area contributed by atoms with E-state index in [0.717, 1.165) is 19.4 Å². The number of aromatic amines is 1. The van der Waals surface area contributed by atoms with Crippen LogP contribution < -0.4 is 5.73 Å². The summed E-state index contributed by atoms with van der Waals surface area (Å²) in [4.78, 5) is 14.4. The molecule has 0 bridgehead atoms. The SMILES string of the molecule is Nc1cn[nH]c1C(=O)N1CCCC2CCCC21. The highest BCUT2D eigenvalue weighted by Crippen LogP contribution is 2.37. The second-order valence-corrected chi connectivity index (χ2v) is 5.10. The van der Waals surface area contributed by atoms with Gasteiger partial charge in [0.05, 0.1) is 11.9 Å². The third-order valence-corrected chi connectivity index (χ3v) is 4.14. The van der Waals surface area contributed by atoms with Crippen molar-refractivity contribution in [2.24, 2.45) is 5.92 Å². The van der Waals surface area contributed by atoms with Crippen LogP contribution in [0.4, 0.5) is 5.69 Å². The number of anilines is 1. The molecule has 2 unspecified atom stereocenters. The first-order chi connectivity index (χ1) is 8.27. The van der Waals surface area contributed by atoms with Gasteiger partial charge in [-0.25, -0.2) is 0 Å². The van der Waals surface area contributed by atoms with Crippen LogP contribution in [-0.4, -0.2) is 33.6 Å². The maximum absolute atomic E-state index is 12.4. The summed E-state index contributed by atoms with van der Waals surface area (Å²) in [5, 5.41) is 6.54. The van der Waals surface area contributed by atoms with Crippen molar-refractivity contribution in [3.63, 3.8) is 0 Å². The number of nitrogen functional groups attached to an aromatic ring is 1. The number of aromatic nitrogens is 2. The number of likely N-dealkylation sites (tertiary alicyclic amines) is 1. The van der Waals surface area contributed by atoms with Crippen molar-refractivity contribution >= 4 is 11.6 Å². The minimum atomic E-state index is 0.0246. The van der Waals surface area contributed by atoms with Crippen molar-refractivity contribution in [2.75, 3.05) is 12.3 Å². The Morgan fingerprint density at radius 3 is 3.00 bits per heavy atom. The lowest BCUT2D eigenvalue weighted by atomic mass is 9.91. The lowest BCUT2D eigenvalue weighted by Crippen LogP contribution is -2.46. The lowest BCUT2D eigenvalue weighted by Gasteiger charge is -2.37. The Kier molecular flexibility index (Phi) is 2.53. The number of hydrogen-bond donors (Lipinski definition) is 2. The number of piperidine rings is 1. The van der Waals surface area contributed by atoms with Gasteiger partial charge < -0.3 is 10.6 Å². The molecule has 3 rings (SSSR count). The fraction of sp³-hybridized carbons (Fsp3) is 0.667. The van der Waals surface area contributed by atoms with Gasteiger partial charge in [0, 0.05) is 12.6 Å². The van der Waals surface area contributed by atoms with Gasteiger partial charge in [-0.15, -0.1) is 0 Å². The first kappa shape index (κ1) is 10.6. The van der Waals surface area contributed by atoms with Gasteiger partial charge in [0.1, 0.15) is 5.69 Å². The summed E-state index contributed by atoms with van der Waals surface area (Å²) < 4.78 is 0. The number of nitrogens with two attached hydrogens (primary N) is 1. The molecule has 1 amide bonds. The largest absolute Gasteiger partial charge is 0.396 e. The molecule has 0 spiro atoms. The molecule has 2 heterocycles. The highest BCUT2D eigenvalue weighted by atomic mass is 16.2. The Hall–Kier alpha value is -1.52.